The van der Waals surface area contributed by atoms with Crippen molar-refractivity contribution in [3.8, 4) is 5.75 Å². The van der Waals surface area contributed by atoms with E-state index in [0.717, 1.165) is 31.9 Å². The number of anilines is 4. The molecule has 0 aliphatic carbocycles. The van der Waals surface area contributed by atoms with Crippen molar-refractivity contribution in [1.82, 2.24) is 10.3 Å². The van der Waals surface area contributed by atoms with Gasteiger partial charge in [-0.2, -0.15) is 0 Å². The number of piperazine rings is 1. The van der Waals surface area contributed by atoms with Gasteiger partial charge in [0.1, 0.15) is 5.75 Å². The largest absolute Gasteiger partial charge is 0.497 e. The number of hydrogen-bond acceptors (Lipinski definition) is 7. The highest BCUT2D eigenvalue weighted by atomic mass is 32.1. The van der Waals surface area contributed by atoms with Crippen LogP contribution in [0, 0.1) is 0 Å². The normalized spacial score (nSPS) is 13.3. The number of aromatic nitrogens is 1. The first-order valence-electron chi connectivity index (χ1n) is 10.2. The smallest absolute Gasteiger partial charge is 0.324 e. The lowest BCUT2D eigenvalue weighted by Crippen LogP contribution is -2.43. The molecule has 0 radical (unpaired) electrons. The van der Waals surface area contributed by atoms with Crippen LogP contribution in [0.4, 0.5) is 26.9 Å². The minimum Gasteiger partial charge on any atom is -0.497 e. The van der Waals surface area contributed by atoms with Crippen LogP contribution in [-0.2, 0) is 0 Å². The minimum atomic E-state index is -0.402. The number of carbonyl (C=O) groups excluding carboxylic acids is 2. The second-order valence-electron chi connectivity index (χ2n) is 7.06. The Morgan fingerprint density at radius 3 is 2.75 bits per heavy atom. The van der Waals surface area contributed by atoms with Crippen molar-refractivity contribution >= 4 is 45.3 Å². The summed E-state index contributed by atoms with van der Waals surface area (Å²) in [5.74, 6) is 0.397. The van der Waals surface area contributed by atoms with Crippen LogP contribution >= 0.6 is 11.3 Å². The molecule has 0 saturated carbocycles. The van der Waals surface area contributed by atoms with Gasteiger partial charge in [-0.3, -0.25) is 15.1 Å². The Balaban J connectivity index is 1.38. The summed E-state index contributed by atoms with van der Waals surface area (Å²) in [6.45, 7) is 3.52. The number of amides is 3. The predicted molar refractivity (Wildman–Crippen MR) is 127 cm³/mol. The Kier molecular flexibility index (Phi) is 6.83. The van der Waals surface area contributed by atoms with Crippen LogP contribution in [0.2, 0.25) is 0 Å². The summed E-state index contributed by atoms with van der Waals surface area (Å²) in [4.78, 5) is 32.0. The highest BCUT2D eigenvalue weighted by molar-refractivity contribution is 7.18. The maximum Gasteiger partial charge on any atom is 0.324 e. The van der Waals surface area contributed by atoms with E-state index in [0.29, 0.717) is 27.0 Å². The molecule has 0 unspecified atom stereocenters. The zero-order chi connectivity index (χ0) is 22.3. The molecule has 10 heteroatoms. The maximum atomic E-state index is 12.8. The average Bonchev–Trinajstić information content (AvgIpc) is 3.28. The minimum absolute atomic E-state index is 0.249. The zero-order valence-corrected chi connectivity index (χ0v) is 18.4. The molecular formula is C22H24N6O3S. The van der Waals surface area contributed by atoms with Gasteiger partial charge in [-0.1, -0.05) is 6.07 Å². The summed E-state index contributed by atoms with van der Waals surface area (Å²) in [5, 5.41) is 12.3. The van der Waals surface area contributed by atoms with Gasteiger partial charge >= 0.3 is 6.03 Å². The summed E-state index contributed by atoms with van der Waals surface area (Å²) in [7, 11) is 1.57. The van der Waals surface area contributed by atoms with Crippen molar-refractivity contribution < 1.29 is 14.3 Å². The van der Waals surface area contributed by atoms with E-state index >= 15 is 0 Å². The summed E-state index contributed by atoms with van der Waals surface area (Å²) in [5.41, 5.74) is 2.22. The van der Waals surface area contributed by atoms with Crippen LogP contribution in [0.25, 0.3) is 0 Å². The van der Waals surface area contributed by atoms with Gasteiger partial charge in [0.05, 0.1) is 34.6 Å². The number of nitrogens with one attached hydrogen (secondary N) is 4. The first kappa shape index (κ1) is 21.6. The SMILES string of the molecule is COc1cccc(NC(=O)Nc2ccc(C(=O)Nc3cnccc3N3CCNCC3)s2)c1. The molecule has 1 aliphatic heterocycles. The first-order chi connectivity index (χ1) is 15.6. The van der Waals surface area contributed by atoms with Gasteiger partial charge in [-0.15, -0.1) is 11.3 Å². The van der Waals surface area contributed by atoms with E-state index < -0.39 is 6.03 Å². The van der Waals surface area contributed by atoms with Gasteiger partial charge in [0.2, 0.25) is 0 Å². The van der Waals surface area contributed by atoms with Crippen molar-refractivity contribution in [1.29, 1.82) is 0 Å². The zero-order valence-electron chi connectivity index (χ0n) is 17.6. The molecule has 1 aliphatic rings. The van der Waals surface area contributed by atoms with Crippen LogP contribution in [0.5, 0.6) is 5.75 Å². The van der Waals surface area contributed by atoms with Gasteiger partial charge in [0.25, 0.3) is 5.91 Å². The average molecular weight is 453 g/mol. The molecular weight excluding hydrogens is 428 g/mol. The van der Waals surface area contributed by atoms with Crippen molar-refractivity contribution in [3.63, 3.8) is 0 Å². The van der Waals surface area contributed by atoms with Crippen LogP contribution < -0.4 is 30.9 Å². The Hall–Kier alpha value is -3.63. The molecule has 4 rings (SSSR count). The Morgan fingerprint density at radius 2 is 1.94 bits per heavy atom. The van der Waals surface area contributed by atoms with Crippen molar-refractivity contribution in [2.75, 3.05) is 54.1 Å². The fourth-order valence-electron chi connectivity index (χ4n) is 3.35. The number of hydrogen-bond donors (Lipinski definition) is 4. The third-order valence-corrected chi connectivity index (χ3v) is 5.90. The van der Waals surface area contributed by atoms with Gasteiger partial charge in [-0.05, 0) is 30.3 Å². The lowest BCUT2D eigenvalue weighted by atomic mass is 10.2. The molecule has 2 aromatic heterocycles. The quantitative estimate of drug-likeness (QED) is 0.456. The first-order valence-corrected chi connectivity index (χ1v) is 11.0. The summed E-state index contributed by atoms with van der Waals surface area (Å²) in [6.07, 6.45) is 3.38. The van der Waals surface area contributed by atoms with Gasteiger partial charge in [0.15, 0.2) is 0 Å². The monoisotopic (exact) mass is 452 g/mol. The topological polar surface area (TPSA) is 108 Å². The van der Waals surface area contributed by atoms with Crippen LogP contribution in [0.1, 0.15) is 9.67 Å². The van der Waals surface area contributed by atoms with Crippen LogP contribution in [0.3, 0.4) is 0 Å². The third kappa shape index (κ3) is 5.34. The third-order valence-electron chi connectivity index (χ3n) is 4.90. The predicted octanol–water partition coefficient (Wildman–Crippen LogP) is 3.46. The second kappa shape index (κ2) is 10.1. The molecule has 1 aromatic carbocycles. The molecule has 1 saturated heterocycles. The van der Waals surface area contributed by atoms with Gasteiger partial charge in [0, 0.05) is 44.1 Å². The maximum absolute atomic E-state index is 12.8. The molecule has 3 aromatic rings. The molecule has 32 heavy (non-hydrogen) atoms. The number of benzene rings is 1. The highest BCUT2D eigenvalue weighted by Crippen LogP contribution is 2.28. The van der Waals surface area contributed by atoms with Crippen LogP contribution in [0.15, 0.2) is 54.9 Å². The molecule has 3 amide bonds. The number of nitrogens with zero attached hydrogens (tertiary/aromatic N) is 2. The molecule has 0 bridgehead atoms. The Morgan fingerprint density at radius 1 is 1.09 bits per heavy atom. The highest BCUT2D eigenvalue weighted by Gasteiger charge is 2.17. The Bertz CT molecular complexity index is 1100. The molecule has 4 N–H and O–H groups in total. The number of rotatable bonds is 6. The molecule has 1 fully saturated rings. The fourth-order valence-corrected chi connectivity index (χ4v) is 4.15. The van der Waals surface area contributed by atoms with E-state index in [1.54, 1.807) is 55.9 Å². The molecule has 9 nitrogen and oxygen atoms in total. The fraction of sp³-hybridized carbons (Fsp3) is 0.227. The molecule has 166 valence electrons. The summed E-state index contributed by atoms with van der Waals surface area (Å²) in [6, 6.07) is 12.0. The van der Waals surface area contributed by atoms with E-state index in [-0.39, 0.29) is 5.91 Å². The number of pyridine rings is 1. The molecule has 3 heterocycles. The van der Waals surface area contributed by atoms with E-state index in [1.807, 2.05) is 6.07 Å². The van der Waals surface area contributed by atoms with E-state index in [4.69, 9.17) is 4.74 Å². The number of ether oxygens (including phenoxy) is 1. The van der Waals surface area contributed by atoms with E-state index in [2.05, 4.69) is 31.2 Å². The second-order valence-corrected chi connectivity index (χ2v) is 8.14. The van der Waals surface area contributed by atoms with Gasteiger partial charge in [-0.25, -0.2) is 4.79 Å². The summed E-state index contributed by atoms with van der Waals surface area (Å²) >= 11 is 1.20. The standard InChI is InChI=1S/C22H24N6O3S/c1-31-16-4-2-3-15(13-16)25-22(30)27-20-6-5-19(32-20)21(29)26-17-14-24-8-7-18(17)28-11-9-23-10-12-28/h2-8,13-14,23H,9-12H2,1H3,(H,26,29)(H2,25,27,30). The van der Waals surface area contributed by atoms with E-state index in [1.165, 1.54) is 11.3 Å². The number of methoxy groups -OCH3 is 1. The number of carbonyl (C=O) groups is 2. The lowest BCUT2D eigenvalue weighted by Gasteiger charge is -2.30. The molecule has 0 spiro atoms. The van der Waals surface area contributed by atoms with Crippen molar-refractivity contribution in [2.24, 2.45) is 0 Å². The van der Waals surface area contributed by atoms with Gasteiger partial charge < -0.3 is 25.6 Å². The lowest BCUT2D eigenvalue weighted by molar-refractivity contribution is 0.103. The number of urea groups is 1. The van der Waals surface area contributed by atoms with Crippen molar-refractivity contribution in [3.05, 3.63) is 59.7 Å². The summed E-state index contributed by atoms with van der Waals surface area (Å²) < 4.78 is 5.16. The molecule has 0 atom stereocenters. The number of thiophene rings is 1. The van der Waals surface area contributed by atoms with Crippen molar-refractivity contribution in [2.45, 2.75) is 0 Å². The van der Waals surface area contributed by atoms with E-state index in [9.17, 15) is 9.59 Å². The Labute approximate surface area is 189 Å². The van der Waals surface area contributed by atoms with Crippen LogP contribution in [-0.4, -0.2) is 50.2 Å².